The topological polar surface area (TPSA) is 57.7 Å². The number of benzene rings is 2. The van der Waals surface area contributed by atoms with Crippen LogP contribution in [0.25, 0.3) is 16.7 Å². The molecule has 6 heteroatoms. The predicted molar refractivity (Wildman–Crippen MR) is 150 cm³/mol. The van der Waals surface area contributed by atoms with Crippen molar-refractivity contribution in [2.45, 2.75) is 58.5 Å². The minimum atomic E-state index is -0.383. The smallest absolute Gasteiger partial charge is 0.306 e. The highest BCUT2D eigenvalue weighted by Gasteiger charge is 2.34. The minimum Gasteiger partial charge on any atom is -0.489 e. The van der Waals surface area contributed by atoms with Gasteiger partial charge in [-0.2, -0.15) is 0 Å². The lowest BCUT2D eigenvalue weighted by molar-refractivity contribution is -0.141. The van der Waals surface area contributed by atoms with Crippen molar-refractivity contribution >= 4 is 11.5 Å². The Labute approximate surface area is 230 Å². The van der Waals surface area contributed by atoms with Gasteiger partial charge in [-0.05, 0) is 89.0 Å². The van der Waals surface area contributed by atoms with Gasteiger partial charge in [0.25, 0.3) is 0 Å². The number of hydrogen-bond acceptors (Lipinski definition) is 5. The van der Waals surface area contributed by atoms with Gasteiger partial charge in [-0.1, -0.05) is 44.2 Å². The Morgan fingerprint density at radius 1 is 1.08 bits per heavy atom. The van der Waals surface area contributed by atoms with E-state index in [2.05, 4.69) is 37.0 Å². The lowest BCUT2D eigenvalue weighted by atomic mass is 9.79. The van der Waals surface area contributed by atoms with E-state index in [0.29, 0.717) is 30.4 Å². The van der Waals surface area contributed by atoms with E-state index in [-0.39, 0.29) is 23.1 Å². The van der Waals surface area contributed by atoms with Crippen LogP contribution in [0.4, 0.5) is 4.39 Å². The zero-order valence-corrected chi connectivity index (χ0v) is 23.1. The van der Waals surface area contributed by atoms with Gasteiger partial charge >= 0.3 is 5.97 Å². The van der Waals surface area contributed by atoms with Crippen molar-refractivity contribution in [3.63, 3.8) is 0 Å². The summed E-state index contributed by atoms with van der Waals surface area (Å²) in [7, 11) is 2.97. The molecule has 0 N–H and O–H groups in total. The molecule has 1 fully saturated rings. The lowest BCUT2D eigenvalue weighted by Gasteiger charge is -2.25. The summed E-state index contributed by atoms with van der Waals surface area (Å²) < 4.78 is 31.5. The van der Waals surface area contributed by atoms with Crippen LogP contribution >= 0.6 is 0 Å². The largest absolute Gasteiger partial charge is 0.489 e. The van der Waals surface area contributed by atoms with Crippen LogP contribution in [0.5, 0.6) is 11.6 Å². The van der Waals surface area contributed by atoms with Crippen molar-refractivity contribution in [3.8, 4) is 22.8 Å². The summed E-state index contributed by atoms with van der Waals surface area (Å²) in [4.78, 5) is 16.0. The molecule has 0 unspecified atom stereocenters. The SMILES string of the molecule is COC(=O)C[C@H](c1cccc(OCc2ccc(-c3cc(OC)ncc3F)c(C3=CCCC3(C)C)c2)c1)C1CC1. The molecule has 1 atom stereocenters. The number of ether oxygens (including phenoxy) is 3. The summed E-state index contributed by atoms with van der Waals surface area (Å²) in [6.07, 6.45) is 8.18. The van der Waals surface area contributed by atoms with Crippen LogP contribution in [-0.4, -0.2) is 25.2 Å². The molecule has 2 aliphatic rings. The Morgan fingerprint density at radius 2 is 1.90 bits per heavy atom. The normalized spacial score (nSPS) is 16.9. The Bertz CT molecular complexity index is 1390. The third kappa shape index (κ3) is 6.00. The van der Waals surface area contributed by atoms with Crippen LogP contribution in [0.15, 0.2) is 60.8 Å². The first-order valence-electron chi connectivity index (χ1n) is 13.6. The van der Waals surface area contributed by atoms with Crippen LogP contribution in [0.3, 0.4) is 0 Å². The summed E-state index contributed by atoms with van der Waals surface area (Å²) in [5, 5.41) is 0. The zero-order chi connectivity index (χ0) is 27.6. The molecule has 1 aromatic heterocycles. The standard InChI is InChI=1S/C33H36FNO4/c1-33(2)14-6-9-29(33)27-15-21(10-13-25(27)28-17-31(37-3)35-19-30(28)34)20-39-24-8-5-7-23(16-24)26(22-11-12-22)18-32(36)38-4/h5,7-10,13,15-17,19,22,26H,6,11-12,14,18,20H2,1-4H3/t26-/m0/s1. The molecular formula is C33H36FNO4. The molecular weight excluding hydrogens is 493 g/mol. The van der Waals surface area contributed by atoms with E-state index in [1.807, 2.05) is 30.3 Å². The van der Waals surface area contributed by atoms with Gasteiger partial charge in [0.2, 0.25) is 5.88 Å². The molecule has 204 valence electrons. The molecule has 5 nitrogen and oxygen atoms in total. The quantitative estimate of drug-likeness (QED) is 0.252. The third-order valence-corrected chi connectivity index (χ3v) is 8.05. The highest BCUT2D eigenvalue weighted by atomic mass is 19.1. The average molecular weight is 530 g/mol. The first-order chi connectivity index (χ1) is 18.8. The number of methoxy groups -OCH3 is 2. The Hall–Kier alpha value is -3.67. The summed E-state index contributed by atoms with van der Waals surface area (Å²) in [5.41, 5.74) is 5.59. The highest BCUT2D eigenvalue weighted by Crippen LogP contribution is 2.48. The second-order valence-electron chi connectivity index (χ2n) is 11.2. The van der Waals surface area contributed by atoms with Gasteiger partial charge in [-0.25, -0.2) is 9.37 Å². The minimum absolute atomic E-state index is 0.0202. The molecule has 0 bridgehead atoms. The van der Waals surface area contributed by atoms with Gasteiger partial charge in [0.15, 0.2) is 0 Å². The zero-order valence-electron chi connectivity index (χ0n) is 23.1. The van der Waals surface area contributed by atoms with E-state index >= 15 is 0 Å². The molecule has 0 amide bonds. The number of hydrogen-bond donors (Lipinski definition) is 0. The van der Waals surface area contributed by atoms with Gasteiger partial charge in [-0.15, -0.1) is 0 Å². The van der Waals surface area contributed by atoms with Crippen molar-refractivity contribution < 1.29 is 23.4 Å². The molecule has 2 aliphatic carbocycles. The predicted octanol–water partition coefficient (Wildman–Crippen LogP) is 7.74. The van der Waals surface area contributed by atoms with Crippen molar-refractivity contribution in [2.24, 2.45) is 11.3 Å². The number of carbonyl (C=O) groups is 1. The summed E-state index contributed by atoms with van der Waals surface area (Å²) in [6, 6.07) is 15.8. The number of halogens is 1. The van der Waals surface area contributed by atoms with Gasteiger partial charge in [0.1, 0.15) is 18.2 Å². The van der Waals surface area contributed by atoms with Gasteiger partial charge in [0, 0.05) is 11.6 Å². The lowest BCUT2D eigenvalue weighted by Crippen LogP contribution is -2.11. The first kappa shape index (κ1) is 26.9. The maximum atomic E-state index is 15.0. The van der Waals surface area contributed by atoms with Crippen LogP contribution < -0.4 is 9.47 Å². The fourth-order valence-corrected chi connectivity index (χ4v) is 5.66. The van der Waals surface area contributed by atoms with E-state index in [9.17, 15) is 9.18 Å². The van der Waals surface area contributed by atoms with Crippen LogP contribution in [-0.2, 0) is 16.1 Å². The van der Waals surface area contributed by atoms with E-state index in [1.54, 1.807) is 6.07 Å². The van der Waals surface area contributed by atoms with Crippen LogP contribution in [0.1, 0.15) is 68.6 Å². The summed E-state index contributed by atoms with van der Waals surface area (Å²) >= 11 is 0. The fourth-order valence-electron chi connectivity index (χ4n) is 5.66. The van der Waals surface area contributed by atoms with E-state index in [0.717, 1.165) is 53.7 Å². The first-order valence-corrected chi connectivity index (χ1v) is 13.6. The maximum absolute atomic E-state index is 15.0. The van der Waals surface area contributed by atoms with Crippen molar-refractivity contribution in [3.05, 3.63) is 83.3 Å². The molecule has 0 saturated heterocycles. The molecule has 1 heterocycles. The number of pyridine rings is 1. The Balaban J connectivity index is 1.43. The molecule has 5 rings (SSSR count). The summed E-state index contributed by atoms with van der Waals surface area (Å²) in [6.45, 7) is 4.84. The fraction of sp³-hybridized carbons (Fsp3) is 0.394. The second-order valence-corrected chi connectivity index (χ2v) is 11.2. The number of rotatable bonds is 10. The molecule has 39 heavy (non-hydrogen) atoms. The van der Waals surface area contributed by atoms with Gasteiger partial charge < -0.3 is 14.2 Å². The number of allylic oxidation sites excluding steroid dienone is 2. The number of esters is 1. The van der Waals surface area contributed by atoms with E-state index in [4.69, 9.17) is 14.2 Å². The van der Waals surface area contributed by atoms with Crippen LogP contribution in [0.2, 0.25) is 0 Å². The number of nitrogens with zero attached hydrogens (tertiary/aromatic N) is 1. The Morgan fingerprint density at radius 3 is 2.59 bits per heavy atom. The average Bonchev–Trinajstić information content (AvgIpc) is 3.72. The Kier molecular flexibility index (Phi) is 7.74. The number of carbonyl (C=O) groups excluding carboxylic acids is 1. The van der Waals surface area contributed by atoms with Crippen LogP contribution in [0, 0.1) is 17.2 Å². The molecule has 3 aromatic rings. The maximum Gasteiger partial charge on any atom is 0.306 e. The summed E-state index contributed by atoms with van der Waals surface area (Å²) in [5.74, 6) is 1.24. The van der Waals surface area contributed by atoms with Gasteiger partial charge in [-0.3, -0.25) is 4.79 Å². The monoisotopic (exact) mass is 529 g/mol. The number of aromatic nitrogens is 1. The molecule has 0 aliphatic heterocycles. The molecule has 0 spiro atoms. The molecule has 1 saturated carbocycles. The third-order valence-electron chi connectivity index (χ3n) is 8.05. The van der Waals surface area contributed by atoms with Gasteiger partial charge in [0.05, 0.1) is 26.8 Å². The van der Waals surface area contributed by atoms with E-state index in [1.165, 1.54) is 26.0 Å². The van der Waals surface area contributed by atoms with E-state index < -0.39 is 0 Å². The van der Waals surface area contributed by atoms with Crippen molar-refractivity contribution in [1.82, 2.24) is 4.98 Å². The molecule has 2 aromatic carbocycles. The second kappa shape index (κ2) is 11.2. The highest BCUT2D eigenvalue weighted by molar-refractivity contribution is 5.85. The molecule has 0 radical (unpaired) electrons. The van der Waals surface area contributed by atoms with Crippen molar-refractivity contribution in [1.29, 1.82) is 0 Å². The van der Waals surface area contributed by atoms with Crippen molar-refractivity contribution in [2.75, 3.05) is 14.2 Å².